The quantitative estimate of drug-likeness (QED) is 0.659. The lowest BCUT2D eigenvalue weighted by Crippen LogP contribution is -2.35. The topological polar surface area (TPSA) is 90.5 Å². The summed E-state index contributed by atoms with van der Waals surface area (Å²) in [5, 5.41) is 12.9. The minimum absolute atomic E-state index is 0.140. The summed E-state index contributed by atoms with van der Waals surface area (Å²) in [6.45, 7) is 0.667. The van der Waals surface area contributed by atoms with Crippen molar-refractivity contribution in [3.63, 3.8) is 0 Å². The second-order valence-corrected chi connectivity index (χ2v) is 5.72. The molecular formula is C14H15N5O3S. The van der Waals surface area contributed by atoms with Gasteiger partial charge in [0.2, 0.25) is 5.91 Å². The number of hydrogen-bond acceptors (Lipinski definition) is 6. The molecule has 0 radical (unpaired) electrons. The van der Waals surface area contributed by atoms with Crippen molar-refractivity contribution in [2.45, 2.75) is 6.54 Å². The number of nitrogens with zero attached hydrogens (tertiary/aromatic N) is 4. The van der Waals surface area contributed by atoms with Gasteiger partial charge in [0, 0.05) is 13.7 Å². The predicted octanol–water partition coefficient (Wildman–Crippen LogP) is 0.382. The normalized spacial score (nSPS) is 11.0. The summed E-state index contributed by atoms with van der Waals surface area (Å²) >= 11 is 1.54. The Morgan fingerprint density at radius 2 is 2.35 bits per heavy atom. The molecule has 3 rings (SSSR count). The number of methoxy groups -OCH3 is 1. The van der Waals surface area contributed by atoms with Crippen LogP contribution in [-0.2, 0) is 16.1 Å². The highest BCUT2D eigenvalue weighted by Crippen LogP contribution is 2.23. The van der Waals surface area contributed by atoms with Crippen LogP contribution in [0.1, 0.15) is 0 Å². The van der Waals surface area contributed by atoms with Crippen LogP contribution in [0.5, 0.6) is 0 Å². The summed E-state index contributed by atoms with van der Waals surface area (Å²) in [5.74, 6) is -0.293. The van der Waals surface area contributed by atoms with Gasteiger partial charge in [-0.3, -0.25) is 9.59 Å². The van der Waals surface area contributed by atoms with Crippen molar-refractivity contribution in [2.75, 3.05) is 20.3 Å². The van der Waals surface area contributed by atoms with Crippen molar-refractivity contribution in [3.05, 3.63) is 40.3 Å². The molecule has 23 heavy (non-hydrogen) atoms. The third-order valence-electron chi connectivity index (χ3n) is 3.19. The van der Waals surface area contributed by atoms with E-state index < -0.39 is 0 Å². The third-order valence-corrected chi connectivity index (χ3v) is 4.08. The molecule has 1 amide bonds. The molecule has 0 aliphatic carbocycles. The van der Waals surface area contributed by atoms with E-state index in [1.54, 1.807) is 24.5 Å². The molecule has 0 spiro atoms. The second kappa shape index (κ2) is 6.71. The molecule has 0 unspecified atom stereocenters. The maximum Gasteiger partial charge on any atom is 0.293 e. The van der Waals surface area contributed by atoms with E-state index in [1.807, 2.05) is 17.5 Å². The highest BCUT2D eigenvalue weighted by atomic mass is 32.1. The van der Waals surface area contributed by atoms with Gasteiger partial charge in [-0.05, 0) is 17.5 Å². The number of carbonyl (C=O) groups excluding carboxylic acids is 1. The number of ether oxygens (including phenoxy) is 1. The van der Waals surface area contributed by atoms with Crippen LogP contribution in [0.25, 0.3) is 16.1 Å². The minimum Gasteiger partial charge on any atom is -0.383 e. The number of rotatable bonds is 6. The van der Waals surface area contributed by atoms with Gasteiger partial charge in [0.25, 0.3) is 5.56 Å². The molecule has 1 N–H and O–H groups in total. The van der Waals surface area contributed by atoms with Crippen molar-refractivity contribution in [1.29, 1.82) is 0 Å². The van der Waals surface area contributed by atoms with Crippen LogP contribution < -0.4 is 10.9 Å². The fraction of sp³-hybridized carbons (Fsp3) is 0.286. The van der Waals surface area contributed by atoms with Gasteiger partial charge in [-0.25, -0.2) is 9.20 Å². The van der Waals surface area contributed by atoms with Crippen LogP contribution in [0.15, 0.2) is 34.7 Å². The molecule has 3 aromatic heterocycles. The van der Waals surface area contributed by atoms with Crippen LogP contribution in [0, 0.1) is 0 Å². The molecule has 8 nitrogen and oxygen atoms in total. The lowest BCUT2D eigenvalue weighted by atomic mass is 10.3. The van der Waals surface area contributed by atoms with Gasteiger partial charge >= 0.3 is 0 Å². The van der Waals surface area contributed by atoms with E-state index in [9.17, 15) is 9.59 Å². The lowest BCUT2D eigenvalue weighted by Gasteiger charge is -2.06. The van der Waals surface area contributed by atoms with Crippen LogP contribution in [-0.4, -0.2) is 45.6 Å². The summed E-state index contributed by atoms with van der Waals surface area (Å²) < 4.78 is 7.40. The summed E-state index contributed by atoms with van der Waals surface area (Å²) in [6.07, 6.45) is 1.43. The van der Waals surface area contributed by atoms with Crippen LogP contribution >= 0.6 is 11.3 Å². The van der Waals surface area contributed by atoms with Gasteiger partial charge in [0.15, 0.2) is 0 Å². The number of carbonyl (C=O) groups is 1. The van der Waals surface area contributed by atoms with E-state index in [1.165, 1.54) is 10.8 Å². The molecule has 3 aromatic rings. The van der Waals surface area contributed by atoms with E-state index in [-0.39, 0.29) is 18.0 Å². The van der Waals surface area contributed by atoms with Crippen molar-refractivity contribution >= 4 is 22.8 Å². The largest absolute Gasteiger partial charge is 0.383 e. The summed E-state index contributed by atoms with van der Waals surface area (Å²) in [6, 6.07) is 5.56. The molecule has 9 heteroatoms. The molecule has 0 fully saturated rings. The zero-order valence-electron chi connectivity index (χ0n) is 12.4. The fourth-order valence-corrected chi connectivity index (χ4v) is 2.76. The number of aromatic nitrogens is 4. The van der Waals surface area contributed by atoms with E-state index in [2.05, 4.69) is 15.5 Å². The van der Waals surface area contributed by atoms with Crippen LogP contribution in [0.4, 0.5) is 0 Å². The number of nitrogens with one attached hydrogen (secondary N) is 1. The Bertz CT molecular complexity index is 868. The molecule has 0 bridgehead atoms. The summed E-state index contributed by atoms with van der Waals surface area (Å²) in [5.41, 5.74) is 0.735. The first-order valence-electron chi connectivity index (χ1n) is 6.94. The number of hydrogen-bond donors (Lipinski definition) is 1. The zero-order valence-corrected chi connectivity index (χ0v) is 13.2. The number of thiophene rings is 1. The molecule has 0 saturated carbocycles. The summed E-state index contributed by atoms with van der Waals surface area (Å²) in [7, 11) is 1.55. The van der Waals surface area contributed by atoms with E-state index >= 15 is 0 Å². The van der Waals surface area contributed by atoms with Crippen molar-refractivity contribution < 1.29 is 9.53 Å². The van der Waals surface area contributed by atoms with Crippen molar-refractivity contribution in [2.24, 2.45) is 0 Å². The van der Waals surface area contributed by atoms with Gasteiger partial charge in [-0.1, -0.05) is 6.07 Å². The van der Waals surface area contributed by atoms with E-state index in [0.29, 0.717) is 24.4 Å². The SMILES string of the molecule is COCCNC(=O)Cn1ncn2nc(-c3cccs3)cc2c1=O. The molecular weight excluding hydrogens is 318 g/mol. The summed E-state index contributed by atoms with van der Waals surface area (Å²) in [4.78, 5) is 25.2. The van der Waals surface area contributed by atoms with E-state index in [0.717, 1.165) is 9.56 Å². The Kier molecular flexibility index (Phi) is 4.49. The standard InChI is InChI=1S/C14H15N5O3S/c1-22-5-4-15-13(20)8-18-14(21)11-7-10(12-3-2-6-23-12)17-19(11)9-16-18/h2-3,6-7,9H,4-5,8H2,1H3,(H,15,20). The number of amides is 1. The first-order chi connectivity index (χ1) is 11.2. The van der Waals surface area contributed by atoms with Gasteiger partial charge in [0.05, 0.1) is 11.5 Å². The maximum absolute atomic E-state index is 12.4. The first kappa shape index (κ1) is 15.4. The second-order valence-electron chi connectivity index (χ2n) is 4.77. The molecule has 0 aliphatic rings. The molecule has 0 aromatic carbocycles. The average Bonchev–Trinajstić information content (AvgIpc) is 3.19. The highest BCUT2D eigenvalue weighted by Gasteiger charge is 2.12. The predicted molar refractivity (Wildman–Crippen MR) is 85.4 cm³/mol. The Hall–Kier alpha value is -2.52. The van der Waals surface area contributed by atoms with Gasteiger partial charge < -0.3 is 10.1 Å². The van der Waals surface area contributed by atoms with E-state index in [4.69, 9.17) is 4.74 Å². The van der Waals surface area contributed by atoms with Gasteiger partial charge in [0.1, 0.15) is 24.1 Å². The highest BCUT2D eigenvalue weighted by molar-refractivity contribution is 7.13. The van der Waals surface area contributed by atoms with Crippen molar-refractivity contribution in [3.8, 4) is 10.6 Å². The Balaban J connectivity index is 1.84. The molecule has 0 atom stereocenters. The molecule has 0 aliphatic heterocycles. The smallest absolute Gasteiger partial charge is 0.293 e. The molecule has 120 valence electrons. The third kappa shape index (κ3) is 3.30. The molecule has 0 saturated heterocycles. The zero-order chi connectivity index (χ0) is 16.2. The Morgan fingerprint density at radius 3 is 3.09 bits per heavy atom. The average molecular weight is 333 g/mol. The van der Waals surface area contributed by atoms with Crippen molar-refractivity contribution in [1.82, 2.24) is 24.7 Å². The number of fused-ring (bicyclic) bond motifs is 1. The van der Waals surface area contributed by atoms with Crippen LogP contribution in [0.2, 0.25) is 0 Å². The monoisotopic (exact) mass is 333 g/mol. The van der Waals surface area contributed by atoms with Gasteiger partial charge in [-0.15, -0.1) is 11.3 Å². The van der Waals surface area contributed by atoms with Gasteiger partial charge in [-0.2, -0.15) is 10.2 Å². The minimum atomic E-state index is -0.357. The molecule has 3 heterocycles. The maximum atomic E-state index is 12.4. The lowest BCUT2D eigenvalue weighted by molar-refractivity contribution is -0.122. The van der Waals surface area contributed by atoms with Crippen LogP contribution in [0.3, 0.4) is 0 Å². The fourth-order valence-electron chi connectivity index (χ4n) is 2.08. The Morgan fingerprint density at radius 1 is 1.48 bits per heavy atom. The Labute approximate surface area is 135 Å². The first-order valence-corrected chi connectivity index (χ1v) is 7.82.